The van der Waals surface area contributed by atoms with Crippen molar-refractivity contribution >= 4 is 0 Å². The highest BCUT2D eigenvalue weighted by Crippen LogP contribution is 2.38. The summed E-state index contributed by atoms with van der Waals surface area (Å²) in [6, 6.07) is 20.1. The summed E-state index contributed by atoms with van der Waals surface area (Å²) in [5, 5.41) is 29.0. The predicted octanol–water partition coefficient (Wildman–Crippen LogP) is 4.66. The number of aromatic hydroxyl groups is 3. The molecule has 0 aromatic heterocycles. The second-order valence-electron chi connectivity index (χ2n) is 6.72. The second-order valence-corrected chi connectivity index (χ2v) is 6.72. The van der Waals surface area contributed by atoms with Gasteiger partial charge in [0.15, 0.2) is 0 Å². The maximum Gasteiger partial charge on any atom is 0.118 e. The van der Waals surface area contributed by atoms with Crippen LogP contribution in [0.25, 0.3) is 0 Å². The van der Waals surface area contributed by atoms with Gasteiger partial charge in [0.2, 0.25) is 0 Å². The van der Waals surface area contributed by atoms with Gasteiger partial charge in [-0.25, -0.2) is 0 Å². The third-order valence-electron chi connectivity index (χ3n) is 4.83. The van der Waals surface area contributed by atoms with Gasteiger partial charge in [0.1, 0.15) is 17.2 Å². The van der Waals surface area contributed by atoms with E-state index in [-0.39, 0.29) is 22.7 Å². The Bertz CT molecular complexity index is 867. The summed E-state index contributed by atoms with van der Waals surface area (Å²) >= 11 is 0. The molecule has 1 unspecified atom stereocenters. The Morgan fingerprint density at radius 2 is 1.24 bits per heavy atom. The van der Waals surface area contributed by atoms with Gasteiger partial charge >= 0.3 is 0 Å². The van der Waals surface area contributed by atoms with Crippen LogP contribution < -0.4 is 0 Å². The van der Waals surface area contributed by atoms with Crippen LogP contribution >= 0.6 is 0 Å². The average Bonchev–Trinajstić information content (AvgIpc) is 2.60. The number of phenols is 3. The lowest BCUT2D eigenvalue weighted by molar-refractivity contribution is 0.468. The number of aryl methyl sites for hydroxylation is 1. The van der Waals surface area contributed by atoms with Gasteiger partial charge in [-0.15, -0.1) is 0 Å². The van der Waals surface area contributed by atoms with Crippen molar-refractivity contribution in [1.29, 1.82) is 0 Å². The minimum absolute atomic E-state index is 0.234. The Labute approximate surface area is 147 Å². The van der Waals surface area contributed by atoms with Crippen LogP contribution in [-0.4, -0.2) is 15.3 Å². The summed E-state index contributed by atoms with van der Waals surface area (Å²) in [4.78, 5) is 0. The standard InChI is InChI=1S/C22H22O3/c1-15-13-18(7-12-21(15)25)22(2,17-5-10-20(24)11-6-17)14-16-3-8-19(23)9-4-16/h3-13,23-25H,14H2,1-2H3. The molecule has 0 aliphatic rings. The van der Waals surface area contributed by atoms with Gasteiger partial charge in [0, 0.05) is 5.41 Å². The van der Waals surface area contributed by atoms with Crippen molar-refractivity contribution in [2.45, 2.75) is 25.7 Å². The van der Waals surface area contributed by atoms with E-state index in [4.69, 9.17) is 0 Å². The molecule has 3 rings (SSSR count). The van der Waals surface area contributed by atoms with E-state index in [1.807, 2.05) is 43.3 Å². The second kappa shape index (κ2) is 6.52. The van der Waals surface area contributed by atoms with Gasteiger partial charge in [-0.2, -0.15) is 0 Å². The van der Waals surface area contributed by atoms with Gasteiger partial charge in [-0.05, 0) is 65.9 Å². The van der Waals surface area contributed by atoms with Crippen LogP contribution in [0.3, 0.4) is 0 Å². The van der Waals surface area contributed by atoms with Crippen molar-refractivity contribution in [1.82, 2.24) is 0 Å². The van der Waals surface area contributed by atoms with Crippen molar-refractivity contribution in [2.75, 3.05) is 0 Å². The predicted molar refractivity (Wildman–Crippen MR) is 99.2 cm³/mol. The Kier molecular flexibility index (Phi) is 4.41. The molecule has 3 aromatic carbocycles. The quantitative estimate of drug-likeness (QED) is 0.650. The van der Waals surface area contributed by atoms with Crippen LogP contribution in [0.5, 0.6) is 17.2 Å². The van der Waals surface area contributed by atoms with E-state index < -0.39 is 0 Å². The molecule has 0 aliphatic heterocycles. The zero-order valence-electron chi connectivity index (χ0n) is 14.4. The van der Waals surface area contributed by atoms with Crippen LogP contribution in [0, 0.1) is 6.92 Å². The van der Waals surface area contributed by atoms with Crippen molar-refractivity contribution in [3.63, 3.8) is 0 Å². The zero-order chi connectivity index (χ0) is 18.0. The minimum atomic E-state index is -0.344. The molecule has 0 fully saturated rings. The summed E-state index contributed by atoms with van der Waals surface area (Å²) in [6.45, 7) is 4.04. The number of rotatable bonds is 4. The number of benzene rings is 3. The van der Waals surface area contributed by atoms with E-state index in [0.717, 1.165) is 28.7 Å². The zero-order valence-corrected chi connectivity index (χ0v) is 14.4. The SMILES string of the molecule is Cc1cc(C(C)(Cc2ccc(O)cc2)c2ccc(O)cc2)ccc1O. The Morgan fingerprint density at radius 3 is 1.80 bits per heavy atom. The molecule has 128 valence electrons. The summed E-state index contributed by atoms with van der Waals surface area (Å²) in [6.07, 6.45) is 0.724. The van der Waals surface area contributed by atoms with Gasteiger partial charge < -0.3 is 15.3 Å². The first-order valence-corrected chi connectivity index (χ1v) is 8.26. The Balaban J connectivity index is 2.10. The highest BCUT2D eigenvalue weighted by atomic mass is 16.3. The molecule has 0 amide bonds. The molecule has 3 nitrogen and oxygen atoms in total. The number of hydrogen-bond acceptors (Lipinski definition) is 3. The van der Waals surface area contributed by atoms with Gasteiger partial charge in [0.05, 0.1) is 0 Å². The smallest absolute Gasteiger partial charge is 0.118 e. The minimum Gasteiger partial charge on any atom is -0.508 e. The largest absolute Gasteiger partial charge is 0.508 e. The van der Waals surface area contributed by atoms with E-state index in [1.54, 1.807) is 30.3 Å². The molecule has 1 atom stereocenters. The fourth-order valence-electron chi connectivity index (χ4n) is 3.22. The molecule has 0 heterocycles. The van der Waals surface area contributed by atoms with Crippen LogP contribution in [0.15, 0.2) is 66.7 Å². The van der Waals surface area contributed by atoms with Crippen molar-refractivity contribution in [2.24, 2.45) is 0 Å². The normalized spacial score (nSPS) is 13.4. The van der Waals surface area contributed by atoms with Crippen LogP contribution in [0.2, 0.25) is 0 Å². The van der Waals surface area contributed by atoms with Crippen LogP contribution in [-0.2, 0) is 11.8 Å². The monoisotopic (exact) mass is 334 g/mol. The fraction of sp³-hybridized carbons (Fsp3) is 0.182. The first kappa shape index (κ1) is 16.9. The highest BCUT2D eigenvalue weighted by Gasteiger charge is 2.30. The highest BCUT2D eigenvalue weighted by molar-refractivity contribution is 5.46. The lowest BCUT2D eigenvalue weighted by atomic mass is 9.71. The molecule has 3 N–H and O–H groups in total. The first-order valence-electron chi connectivity index (χ1n) is 8.26. The lowest BCUT2D eigenvalue weighted by Gasteiger charge is -2.32. The average molecular weight is 334 g/mol. The maximum absolute atomic E-state index is 9.88. The van der Waals surface area contributed by atoms with Gasteiger partial charge in [-0.1, -0.05) is 43.3 Å². The van der Waals surface area contributed by atoms with E-state index in [2.05, 4.69) is 6.92 Å². The molecule has 0 bridgehead atoms. The Morgan fingerprint density at radius 1 is 0.720 bits per heavy atom. The van der Waals surface area contributed by atoms with E-state index in [0.29, 0.717) is 0 Å². The number of hydrogen-bond donors (Lipinski definition) is 3. The fourth-order valence-corrected chi connectivity index (χ4v) is 3.22. The molecular formula is C22H22O3. The van der Waals surface area contributed by atoms with Gasteiger partial charge in [0.25, 0.3) is 0 Å². The molecular weight excluding hydrogens is 312 g/mol. The topological polar surface area (TPSA) is 60.7 Å². The molecule has 25 heavy (non-hydrogen) atoms. The first-order chi connectivity index (χ1) is 11.9. The van der Waals surface area contributed by atoms with E-state index in [1.165, 1.54) is 0 Å². The molecule has 0 radical (unpaired) electrons. The number of phenolic OH excluding ortho intramolecular Hbond substituents is 3. The van der Waals surface area contributed by atoms with Crippen LogP contribution in [0.4, 0.5) is 0 Å². The Hall–Kier alpha value is -2.94. The van der Waals surface area contributed by atoms with Crippen molar-refractivity contribution in [3.05, 3.63) is 89.0 Å². The maximum atomic E-state index is 9.88. The molecule has 0 aliphatic carbocycles. The summed E-state index contributed by atoms with van der Waals surface area (Å²) in [7, 11) is 0. The van der Waals surface area contributed by atoms with E-state index >= 15 is 0 Å². The molecule has 3 heteroatoms. The molecule has 3 aromatic rings. The molecule has 0 saturated carbocycles. The van der Waals surface area contributed by atoms with Crippen molar-refractivity contribution in [3.8, 4) is 17.2 Å². The third-order valence-corrected chi connectivity index (χ3v) is 4.83. The summed E-state index contributed by atoms with van der Waals surface area (Å²) < 4.78 is 0. The van der Waals surface area contributed by atoms with E-state index in [9.17, 15) is 15.3 Å². The third kappa shape index (κ3) is 3.45. The lowest BCUT2D eigenvalue weighted by Crippen LogP contribution is -2.26. The molecule has 0 spiro atoms. The van der Waals surface area contributed by atoms with Gasteiger partial charge in [-0.3, -0.25) is 0 Å². The summed E-state index contributed by atoms with van der Waals surface area (Å²) in [5.41, 5.74) is 3.74. The summed E-state index contributed by atoms with van der Waals surface area (Å²) in [5.74, 6) is 0.759. The van der Waals surface area contributed by atoms with Crippen molar-refractivity contribution < 1.29 is 15.3 Å². The molecule has 0 saturated heterocycles. The van der Waals surface area contributed by atoms with Crippen LogP contribution in [0.1, 0.15) is 29.2 Å².